The van der Waals surface area contributed by atoms with Crippen LogP contribution in [0.5, 0.6) is 0 Å². The molecule has 2 unspecified atom stereocenters. The van der Waals surface area contributed by atoms with Gasteiger partial charge in [0.1, 0.15) is 0 Å². The first-order chi connectivity index (χ1) is 6.87. The molecule has 4 nitrogen and oxygen atoms in total. The first-order valence-electron chi connectivity index (χ1n) is 5.63. The van der Waals surface area contributed by atoms with E-state index in [1.165, 1.54) is 0 Å². The predicted octanol–water partition coefficient (Wildman–Crippen LogP) is 1.39. The number of aliphatic hydroxyl groups is 1. The number of aliphatic hydroxyl groups excluding tert-OH is 1. The number of carbonyl (C=O) groups is 1. The maximum absolute atomic E-state index is 11.5. The molecule has 1 aliphatic rings. The Hall–Kier alpha value is -0.770. The molecular weight excluding hydrogens is 192 g/mol. The fourth-order valence-corrected chi connectivity index (χ4v) is 1.86. The van der Waals surface area contributed by atoms with Gasteiger partial charge in [0.2, 0.25) is 0 Å². The van der Waals surface area contributed by atoms with E-state index < -0.39 is 0 Å². The third-order valence-electron chi connectivity index (χ3n) is 2.47. The van der Waals surface area contributed by atoms with Crippen LogP contribution in [0.1, 0.15) is 46.5 Å². The second-order valence-corrected chi connectivity index (χ2v) is 5.37. The van der Waals surface area contributed by atoms with Gasteiger partial charge in [0, 0.05) is 11.6 Å². The first kappa shape index (κ1) is 12.3. The third kappa shape index (κ3) is 5.02. The fourth-order valence-electron chi connectivity index (χ4n) is 1.86. The van der Waals surface area contributed by atoms with Crippen LogP contribution in [0.25, 0.3) is 0 Å². The van der Waals surface area contributed by atoms with Crippen molar-refractivity contribution in [1.82, 2.24) is 10.6 Å². The molecule has 0 spiro atoms. The lowest BCUT2D eigenvalue weighted by Crippen LogP contribution is -2.50. The van der Waals surface area contributed by atoms with Crippen molar-refractivity contribution in [2.75, 3.05) is 0 Å². The number of amides is 2. The molecule has 0 aromatic heterocycles. The minimum absolute atomic E-state index is 0.121. The van der Waals surface area contributed by atoms with Crippen molar-refractivity contribution >= 4 is 6.03 Å². The quantitative estimate of drug-likeness (QED) is 0.617. The summed E-state index contributed by atoms with van der Waals surface area (Å²) in [5.74, 6) is 0. The van der Waals surface area contributed by atoms with Gasteiger partial charge in [0.25, 0.3) is 0 Å². The van der Waals surface area contributed by atoms with Gasteiger partial charge in [0.05, 0.1) is 6.10 Å². The highest BCUT2D eigenvalue weighted by Gasteiger charge is 2.22. The van der Waals surface area contributed by atoms with E-state index in [0.29, 0.717) is 6.42 Å². The summed E-state index contributed by atoms with van der Waals surface area (Å²) in [6, 6.07) is -0.0160. The summed E-state index contributed by atoms with van der Waals surface area (Å²) >= 11 is 0. The highest BCUT2D eigenvalue weighted by atomic mass is 16.3. The van der Waals surface area contributed by atoms with Gasteiger partial charge in [-0.15, -0.1) is 0 Å². The zero-order chi connectivity index (χ0) is 11.5. The highest BCUT2D eigenvalue weighted by Crippen LogP contribution is 2.18. The van der Waals surface area contributed by atoms with E-state index in [2.05, 4.69) is 10.6 Å². The third-order valence-corrected chi connectivity index (χ3v) is 2.47. The minimum Gasteiger partial charge on any atom is -0.393 e. The highest BCUT2D eigenvalue weighted by molar-refractivity contribution is 5.74. The van der Waals surface area contributed by atoms with E-state index in [0.717, 1.165) is 19.3 Å². The van der Waals surface area contributed by atoms with E-state index in [9.17, 15) is 9.90 Å². The van der Waals surface area contributed by atoms with Crippen LogP contribution in [-0.2, 0) is 0 Å². The summed E-state index contributed by atoms with van der Waals surface area (Å²) in [6.45, 7) is 5.84. The van der Waals surface area contributed by atoms with Crippen molar-refractivity contribution in [2.24, 2.45) is 0 Å². The summed E-state index contributed by atoms with van der Waals surface area (Å²) in [6.07, 6.45) is 3.24. The molecule has 0 aliphatic heterocycles. The van der Waals surface area contributed by atoms with Gasteiger partial charge >= 0.3 is 6.03 Å². The van der Waals surface area contributed by atoms with Gasteiger partial charge in [-0.05, 0) is 46.5 Å². The van der Waals surface area contributed by atoms with Crippen LogP contribution in [0.3, 0.4) is 0 Å². The summed E-state index contributed by atoms with van der Waals surface area (Å²) in [5, 5.41) is 15.2. The number of carbonyl (C=O) groups excluding carboxylic acids is 1. The van der Waals surface area contributed by atoms with Gasteiger partial charge in [-0.1, -0.05) is 0 Å². The zero-order valence-corrected chi connectivity index (χ0v) is 9.84. The molecule has 3 N–H and O–H groups in total. The van der Waals surface area contributed by atoms with Crippen LogP contribution in [-0.4, -0.2) is 28.8 Å². The van der Waals surface area contributed by atoms with Crippen molar-refractivity contribution < 1.29 is 9.90 Å². The van der Waals surface area contributed by atoms with Gasteiger partial charge in [-0.2, -0.15) is 0 Å². The molecule has 15 heavy (non-hydrogen) atoms. The minimum atomic E-state index is -0.251. The topological polar surface area (TPSA) is 61.4 Å². The average molecular weight is 214 g/mol. The molecule has 0 aromatic carbocycles. The number of urea groups is 1. The molecule has 88 valence electrons. The Labute approximate surface area is 91.4 Å². The smallest absolute Gasteiger partial charge is 0.315 e. The van der Waals surface area contributed by atoms with Gasteiger partial charge in [-0.3, -0.25) is 0 Å². The molecular formula is C11H22N2O2. The molecule has 1 fully saturated rings. The maximum atomic E-state index is 11.5. The second kappa shape index (κ2) is 4.84. The Bertz CT molecular complexity index is 223. The molecule has 2 amide bonds. The second-order valence-electron chi connectivity index (χ2n) is 5.37. The fraction of sp³-hybridized carbons (Fsp3) is 0.909. The van der Waals surface area contributed by atoms with Crippen molar-refractivity contribution in [3.05, 3.63) is 0 Å². The van der Waals surface area contributed by atoms with Gasteiger partial charge < -0.3 is 15.7 Å². The largest absolute Gasteiger partial charge is 0.393 e. The molecule has 0 saturated heterocycles. The molecule has 0 radical (unpaired) electrons. The van der Waals surface area contributed by atoms with Gasteiger partial charge in [-0.25, -0.2) is 4.79 Å². The molecule has 0 bridgehead atoms. The van der Waals surface area contributed by atoms with Crippen LogP contribution < -0.4 is 10.6 Å². The van der Waals surface area contributed by atoms with Crippen LogP contribution in [0.2, 0.25) is 0 Å². The normalized spacial score (nSPS) is 27.2. The lowest BCUT2D eigenvalue weighted by molar-refractivity contribution is 0.113. The molecule has 2 atom stereocenters. The molecule has 1 aliphatic carbocycles. The van der Waals surface area contributed by atoms with E-state index in [1.54, 1.807) is 0 Å². The lowest BCUT2D eigenvalue weighted by atomic mass is 9.93. The maximum Gasteiger partial charge on any atom is 0.315 e. The Morgan fingerprint density at radius 2 is 2.00 bits per heavy atom. The molecule has 1 rings (SSSR count). The van der Waals surface area contributed by atoms with Crippen molar-refractivity contribution in [3.63, 3.8) is 0 Å². The number of rotatable bonds is 1. The standard InChI is InChI=1S/C11H22N2O2/c1-11(2,3)13-10(15)12-8-5-4-6-9(14)7-8/h8-9,14H,4-7H2,1-3H3,(H2,12,13,15). The Kier molecular flexibility index (Phi) is 3.97. The van der Waals surface area contributed by atoms with E-state index >= 15 is 0 Å². The van der Waals surface area contributed by atoms with Crippen LogP contribution in [0.15, 0.2) is 0 Å². The first-order valence-corrected chi connectivity index (χ1v) is 5.63. The van der Waals surface area contributed by atoms with Crippen molar-refractivity contribution in [3.8, 4) is 0 Å². The van der Waals surface area contributed by atoms with E-state index in [4.69, 9.17) is 0 Å². The Morgan fingerprint density at radius 1 is 1.33 bits per heavy atom. The Balaban J connectivity index is 2.31. The number of hydrogen-bond donors (Lipinski definition) is 3. The average Bonchev–Trinajstić information content (AvgIpc) is 1.99. The van der Waals surface area contributed by atoms with Crippen LogP contribution in [0, 0.1) is 0 Å². The summed E-state index contributed by atoms with van der Waals surface area (Å²) in [7, 11) is 0. The lowest BCUT2D eigenvalue weighted by Gasteiger charge is -2.28. The summed E-state index contributed by atoms with van der Waals surface area (Å²) < 4.78 is 0. The van der Waals surface area contributed by atoms with E-state index in [1.807, 2.05) is 20.8 Å². The molecule has 0 heterocycles. The van der Waals surface area contributed by atoms with E-state index in [-0.39, 0.29) is 23.7 Å². The number of hydrogen-bond acceptors (Lipinski definition) is 2. The SMILES string of the molecule is CC(C)(C)NC(=O)NC1CCCC(O)C1. The summed E-state index contributed by atoms with van der Waals surface area (Å²) in [5.41, 5.74) is -0.211. The Morgan fingerprint density at radius 3 is 2.53 bits per heavy atom. The number of nitrogens with one attached hydrogen (secondary N) is 2. The van der Waals surface area contributed by atoms with Crippen molar-refractivity contribution in [2.45, 2.75) is 64.1 Å². The monoisotopic (exact) mass is 214 g/mol. The molecule has 1 saturated carbocycles. The summed E-state index contributed by atoms with van der Waals surface area (Å²) in [4.78, 5) is 11.5. The van der Waals surface area contributed by atoms with Gasteiger partial charge in [0.15, 0.2) is 0 Å². The van der Waals surface area contributed by atoms with Crippen LogP contribution in [0.4, 0.5) is 4.79 Å². The predicted molar refractivity (Wildman–Crippen MR) is 59.7 cm³/mol. The zero-order valence-electron chi connectivity index (χ0n) is 9.84. The van der Waals surface area contributed by atoms with Crippen molar-refractivity contribution in [1.29, 1.82) is 0 Å². The molecule has 4 heteroatoms. The molecule has 0 aromatic rings. The van der Waals surface area contributed by atoms with Crippen LogP contribution >= 0.6 is 0 Å².